The summed E-state index contributed by atoms with van der Waals surface area (Å²) in [5, 5.41) is 9.92. The molecule has 0 unspecified atom stereocenters. The molecule has 2 N–H and O–H groups in total. The van der Waals surface area contributed by atoms with Crippen LogP contribution in [0.1, 0.15) is 18.6 Å². The van der Waals surface area contributed by atoms with Crippen molar-refractivity contribution in [2.24, 2.45) is 11.8 Å². The largest absolute Gasteiger partial charge is 0.490 e. The summed E-state index contributed by atoms with van der Waals surface area (Å²) in [6, 6.07) is 3.92. The molecule has 0 aromatic carbocycles. The number of amides is 1. The Labute approximate surface area is 154 Å². The average Bonchev–Trinajstić information content (AvgIpc) is 3.13. The molecule has 10 heteroatoms. The van der Waals surface area contributed by atoms with Crippen LogP contribution in [0.15, 0.2) is 22.8 Å². The van der Waals surface area contributed by atoms with Gasteiger partial charge >= 0.3 is 12.1 Å². The molecule has 0 bridgehead atoms. The van der Waals surface area contributed by atoms with E-state index in [0.29, 0.717) is 12.5 Å². The molecule has 1 amide bonds. The van der Waals surface area contributed by atoms with Gasteiger partial charge in [-0.05, 0) is 25.0 Å². The van der Waals surface area contributed by atoms with E-state index in [2.05, 4.69) is 10.2 Å². The lowest BCUT2D eigenvalue weighted by molar-refractivity contribution is -0.192. The van der Waals surface area contributed by atoms with E-state index in [0.717, 1.165) is 38.2 Å². The van der Waals surface area contributed by atoms with Crippen LogP contribution in [0.4, 0.5) is 13.2 Å². The number of alkyl halides is 3. The maximum Gasteiger partial charge on any atom is 0.490 e. The predicted molar refractivity (Wildman–Crippen MR) is 87.7 cm³/mol. The molecular formula is C17H23F3N2O5. The van der Waals surface area contributed by atoms with Crippen LogP contribution < -0.4 is 5.32 Å². The smallest absolute Gasteiger partial charge is 0.475 e. The number of hydrogen-bond donors (Lipinski definition) is 2. The van der Waals surface area contributed by atoms with Crippen molar-refractivity contribution < 1.29 is 37.0 Å². The van der Waals surface area contributed by atoms with Gasteiger partial charge in [0.2, 0.25) is 5.91 Å². The number of nitrogens with zero attached hydrogens (tertiary/aromatic N) is 1. The number of carboxylic acids is 1. The Morgan fingerprint density at radius 1 is 1.37 bits per heavy atom. The van der Waals surface area contributed by atoms with Crippen LogP contribution in [-0.4, -0.2) is 60.9 Å². The fourth-order valence-electron chi connectivity index (χ4n) is 3.46. The third-order valence-corrected chi connectivity index (χ3v) is 4.74. The maximum atomic E-state index is 12.0. The quantitative estimate of drug-likeness (QED) is 0.816. The molecule has 0 radical (unpaired) electrons. The standard InChI is InChI=1S/C15H22N2O3.C2HF3O2/c1-16-15(18)12-5-8-20-14-4-6-17(10-13(12)14)9-11-3-2-7-19-11;3-2(4,5)1(6)7/h2-3,7,12-14H,4-6,8-10H2,1H3,(H,16,18);(H,6,7)/t12-,13+,14-;/m1./s1. The van der Waals surface area contributed by atoms with Gasteiger partial charge in [-0.25, -0.2) is 4.79 Å². The molecule has 2 fully saturated rings. The second-order valence-electron chi connectivity index (χ2n) is 6.49. The molecule has 2 aliphatic heterocycles. The van der Waals surface area contributed by atoms with Gasteiger partial charge in [0.05, 0.1) is 18.9 Å². The van der Waals surface area contributed by atoms with Crippen LogP contribution in [0.2, 0.25) is 0 Å². The van der Waals surface area contributed by atoms with Gasteiger partial charge in [0, 0.05) is 38.6 Å². The minimum absolute atomic E-state index is 0.0816. The average molecular weight is 392 g/mol. The van der Waals surface area contributed by atoms with Crippen molar-refractivity contribution >= 4 is 11.9 Å². The van der Waals surface area contributed by atoms with Crippen molar-refractivity contribution in [3.63, 3.8) is 0 Å². The second kappa shape index (κ2) is 9.23. The molecule has 1 aromatic rings. The van der Waals surface area contributed by atoms with Gasteiger partial charge in [-0.15, -0.1) is 0 Å². The number of carbonyl (C=O) groups excluding carboxylic acids is 1. The Bertz CT molecular complexity index is 621. The first-order valence-electron chi connectivity index (χ1n) is 8.60. The van der Waals surface area contributed by atoms with Crippen molar-refractivity contribution in [3.8, 4) is 0 Å². The van der Waals surface area contributed by atoms with Gasteiger partial charge in [0.1, 0.15) is 5.76 Å². The Hall–Kier alpha value is -2.07. The number of nitrogens with one attached hydrogen (secondary N) is 1. The number of fused-ring (bicyclic) bond motifs is 1. The summed E-state index contributed by atoms with van der Waals surface area (Å²) in [4.78, 5) is 23.3. The van der Waals surface area contributed by atoms with Crippen molar-refractivity contribution in [3.05, 3.63) is 24.2 Å². The number of likely N-dealkylation sites (tertiary alicyclic amines) is 1. The zero-order valence-corrected chi connectivity index (χ0v) is 14.9. The molecule has 1 aromatic heterocycles. The van der Waals surface area contributed by atoms with Crippen LogP contribution >= 0.6 is 0 Å². The Morgan fingerprint density at radius 3 is 2.63 bits per heavy atom. The topological polar surface area (TPSA) is 92.0 Å². The normalized spacial score (nSPS) is 25.7. The van der Waals surface area contributed by atoms with Crippen LogP contribution in [0.5, 0.6) is 0 Å². The van der Waals surface area contributed by atoms with Crippen molar-refractivity contribution in [2.75, 3.05) is 26.7 Å². The lowest BCUT2D eigenvalue weighted by Gasteiger charge is -2.44. The molecule has 27 heavy (non-hydrogen) atoms. The summed E-state index contributed by atoms with van der Waals surface area (Å²) in [6.45, 7) is 3.43. The molecule has 3 atom stereocenters. The third-order valence-electron chi connectivity index (χ3n) is 4.74. The lowest BCUT2D eigenvalue weighted by Crippen LogP contribution is -2.52. The zero-order chi connectivity index (χ0) is 20.0. The number of halogens is 3. The summed E-state index contributed by atoms with van der Waals surface area (Å²) in [5.74, 6) is -1.24. The van der Waals surface area contributed by atoms with Crippen LogP contribution in [0.25, 0.3) is 0 Å². The third kappa shape index (κ3) is 5.96. The number of aliphatic carboxylic acids is 1. The van der Waals surface area contributed by atoms with Crippen molar-refractivity contribution in [1.82, 2.24) is 10.2 Å². The molecule has 3 rings (SSSR count). The highest BCUT2D eigenvalue weighted by molar-refractivity contribution is 5.78. The maximum absolute atomic E-state index is 12.0. The first-order chi connectivity index (χ1) is 12.7. The predicted octanol–water partition coefficient (Wildman–Crippen LogP) is 1.89. The molecule has 2 saturated heterocycles. The fourth-order valence-corrected chi connectivity index (χ4v) is 3.46. The number of rotatable bonds is 3. The first-order valence-corrected chi connectivity index (χ1v) is 8.60. The van der Waals surface area contributed by atoms with Crippen LogP contribution in [0, 0.1) is 11.8 Å². The molecular weight excluding hydrogens is 369 g/mol. The van der Waals surface area contributed by atoms with E-state index in [4.69, 9.17) is 19.1 Å². The van der Waals surface area contributed by atoms with Gasteiger partial charge < -0.3 is 19.6 Å². The summed E-state index contributed by atoms with van der Waals surface area (Å²) >= 11 is 0. The SMILES string of the molecule is CNC(=O)[C@@H]1CCO[C@@H]2CCN(Cc3ccco3)C[C@H]21.O=C(O)C(F)(F)F. The highest BCUT2D eigenvalue weighted by atomic mass is 19.4. The van der Waals surface area contributed by atoms with Gasteiger partial charge in [-0.2, -0.15) is 13.2 Å². The van der Waals surface area contributed by atoms with Crippen molar-refractivity contribution in [2.45, 2.75) is 31.7 Å². The fraction of sp³-hybridized carbons (Fsp3) is 0.647. The molecule has 2 aliphatic rings. The monoisotopic (exact) mass is 392 g/mol. The number of ether oxygens (including phenoxy) is 1. The van der Waals surface area contributed by atoms with E-state index < -0.39 is 12.1 Å². The number of piperidine rings is 1. The van der Waals surface area contributed by atoms with E-state index in [9.17, 15) is 18.0 Å². The summed E-state index contributed by atoms with van der Waals surface area (Å²) in [5.41, 5.74) is 0. The molecule has 152 valence electrons. The van der Waals surface area contributed by atoms with Gasteiger partial charge in [-0.3, -0.25) is 9.69 Å². The van der Waals surface area contributed by atoms with E-state index >= 15 is 0 Å². The van der Waals surface area contributed by atoms with E-state index in [1.54, 1.807) is 13.3 Å². The van der Waals surface area contributed by atoms with E-state index in [1.165, 1.54) is 0 Å². The molecule has 7 nitrogen and oxygen atoms in total. The van der Waals surface area contributed by atoms with Gasteiger partial charge in [0.15, 0.2) is 0 Å². The first kappa shape index (κ1) is 21.2. The Kier molecular flexibility index (Phi) is 7.25. The second-order valence-corrected chi connectivity index (χ2v) is 6.49. The van der Waals surface area contributed by atoms with Crippen LogP contribution in [0.3, 0.4) is 0 Å². The number of carbonyl (C=O) groups is 2. The summed E-state index contributed by atoms with van der Waals surface area (Å²) in [6.07, 6.45) is -1.31. The van der Waals surface area contributed by atoms with Crippen LogP contribution in [-0.2, 0) is 20.9 Å². The van der Waals surface area contributed by atoms with E-state index in [1.807, 2.05) is 12.1 Å². The number of furan rings is 1. The number of carboxylic acid groups (broad SMARTS) is 1. The zero-order valence-electron chi connectivity index (χ0n) is 14.9. The Balaban J connectivity index is 0.000000321. The highest BCUT2D eigenvalue weighted by Gasteiger charge is 2.41. The molecule has 0 spiro atoms. The highest BCUT2D eigenvalue weighted by Crippen LogP contribution is 2.33. The Morgan fingerprint density at radius 2 is 2.07 bits per heavy atom. The van der Waals surface area contributed by atoms with Gasteiger partial charge in [-0.1, -0.05) is 0 Å². The molecule has 0 aliphatic carbocycles. The lowest BCUT2D eigenvalue weighted by atomic mass is 9.79. The summed E-state index contributed by atoms with van der Waals surface area (Å²) < 4.78 is 43.0. The molecule has 0 saturated carbocycles. The van der Waals surface area contributed by atoms with Crippen molar-refractivity contribution in [1.29, 1.82) is 0 Å². The molecule has 3 heterocycles. The number of hydrogen-bond acceptors (Lipinski definition) is 5. The minimum atomic E-state index is -5.08. The minimum Gasteiger partial charge on any atom is -0.475 e. The van der Waals surface area contributed by atoms with Gasteiger partial charge in [0.25, 0.3) is 0 Å². The van der Waals surface area contributed by atoms with E-state index in [-0.39, 0.29) is 17.9 Å². The summed E-state index contributed by atoms with van der Waals surface area (Å²) in [7, 11) is 1.72.